The largest absolute Gasteiger partial charge is 0.493 e. The number of amides is 1. The molecule has 0 N–H and O–H groups in total. The van der Waals surface area contributed by atoms with Crippen molar-refractivity contribution < 1.29 is 31.1 Å². The maximum absolute atomic E-state index is 13.9. The highest BCUT2D eigenvalue weighted by molar-refractivity contribution is 7.92. The quantitative estimate of drug-likeness (QED) is 0.374. The van der Waals surface area contributed by atoms with Crippen LogP contribution in [0.3, 0.4) is 0 Å². The highest BCUT2D eigenvalue weighted by Gasteiger charge is 2.33. The second-order valence-corrected chi connectivity index (χ2v) is 13.3. The second kappa shape index (κ2) is 11.0. The Morgan fingerprint density at radius 2 is 1.49 bits per heavy atom. The Morgan fingerprint density at radius 1 is 0.872 bits per heavy atom. The van der Waals surface area contributed by atoms with E-state index in [1.165, 1.54) is 81.7 Å². The fourth-order valence-corrected chi connectivity index (χ4v) is 6.75. The van der Waals surface area contributed by atoms with Crippen LogP contribution in [0.2, 0.25) is 5.02 Å². The number of methoxy groups -OCH3 is 2. The molecule has 0 fully saturated rings. The zero-order valence-corrected chi connectivity index (χ0v) is 24.2. The van der Waals surface area contributed by atoms with Crippen molar-refractivity contribution in [1.29, 1.82) is 0 Å². The van der Waals surface area contributed by atoms with Gasteiger partial charge in [-0.2, -0.15) is 0 Å². The normalized spacial score (nSPS) is 13.3. The van der Waals surface area contributed by atoms with Gasteiger partial charge in [0.05, 0.1) is 29.7 Å². The molecule has 0 aliphatic carbocycles. The Kier molecular flexibility index (Phi) is 8.12. The summed E-state index contributed by atoms with van der Waals surface area (Å²) in [6.45, 7) is -0.222. The number of carbonyl (C=O) groups excluding carboxylic acids is 1. The number of halogens is 1. The molecular formula is C26H28ClN3O7S2. The van der Waals surface area contributed by atoms with E-state index in [0.29, 0.717) is 28.4 Å². The summed E-state index contributed by atoms with van der Waals surface area (Å²) in [7, 11) is -2.15. The summed E-state index contributed by atoms with van der Waals surface area (Å²) in [4.78, 5) is 15.1. The number of nitrogens with zero attached hydrogens (tertiary/aromatic N) is 3. The predicted molar refractivity (Wildman–Crippen MR) is 149 cm³/mol. The van der Waals surface area contributed by atoms with Gasteiger partial charge in [0, 0.05) is 37.4 Å². The average molecular weight is 594 g/mol. The van der Waals surface area contributed by atoms with Crippen molar-refractivity contribution in [2.24, 2.45) is 0 Å². The van der Waals surface area contributed by atoms with Crippen molar-refractivity contribution in [3.63, 3.8) is 0 Å². The van der Waals surface area contributed by atoms with E-state index in [2.05, 4.69) is 0 Å². The van der Waals surface area contributed by atoms with E-state index in [-0.39, 0.29) is 27.8 Å². The van der Waals surface area contributed by atoms with E-state index in [1.807, 2.05) is 0 Å². The number of sulfonamides is 2. The van der Waals surface area contributed by atoms with Gasteiger partial charge in [0.2, 0.25) is 15.9 Å². The van der Waals surface area contributed by atoms with Crippen molar-refractivity contribution >= 4 is 48.9 Å². The molecule has 1 aliphatic heterocycles. The first-order chi connectivity index (χ1) is 18.4. The van der Waals surface area contributed by atoms with Crippen LogP contribution in [0.25, 0.3) is 0 Å². The predicted octanol–water partition coefficient (Wildman–Crippen LogP) is 3.39. The summed E-state index contributed by atoms with van der Waals surface area (Å²) in [5.41, 5.74) is 1.47. The Labute approximate surface area is 233 Å². The van der Waals surface area contributed by atoms with Crippen molar-refractivity contribution in [3.8, 4) is 11.5 Å². The Balaban J connectivity index is 1.70. The Hall–Kier alpha value is -3.32. The lowest BCUT2D eigenvalue weighted by Crippen LogP contribution is -2.42. The highest BCUT2D eigenvalue weighted by atomic mass is 35.5. The number of carbonyl (C=O) groups is 1. The van der Waals surface area contributed by atoms with Crippen LogP contribution < -0.4 is 18.7 Å². The molecular weight excluding hydrogens is 566 g/mol. The van der Waals surface area contributed by atoms with E-state index in [1.54, 1.807) is 12.1 Å². The topological polar surface area (TPSA) is 114 Å². The molecule has 3 aromatic rings. The number of ether oxygens (including phenoxy) is 2. The van der Waals surface area contributed by atoms with Crippen LogP contribution in [0, 0.1) is 0 Å². The van der Waals surface area contributed by atoms with Crippen molar-refractivity contribution in [2.75, 3.05) is 50.6 Å². The lowest BCUT2D eigenvalue weighted by atomic mass is 10.2. The van der Waals surface area contributed by atoms with Gasteiger partial charge in [-0.05, 0) is 66.6 Å². The molecule has 208 valence electrons. The van der Waals surface area contributed by atoms with Gasteiger partial charge in [-0.1, -0.05) is 11.6 Å². The first-order valence-corrected chi connectivity index (χ1v) is 15.0. The molecule has 13 heteroatoms. The van der Waals surface area contributed by atoms with Gasteiger partial charge in [0.15, 0.2) is 11.5 Å². The number of anilines is 2. The third-order valence-electron chi connectivity index (χ3n) is 6.36. The summed E-state index contributed by atoms with van der Waals surface area (Å²) < 4.78 is 65.4. The van der Waals surface area contributed by atoms with E-state index in [9.17, 15) is 21.6 Å². The molecule has 1 heterocycles. The molecule has 39 heavy (non-hydrogen) atoms. The Morgan fingerprint density at radius 3 is 2.10 bits per heavy atom. The summed E-state index contributed by atoms with van der Waals surface area (Å²) in [6, 6.07) is 14.9. The number of fused-ring (bicyclic) bond motifs is 1. The molecule has 1 aliphatic rings. The van der Waals surface area contributed by atoms with Gasteiger partial charge in [-0.25, -0.2) is 21.1 Å². The van der Waals surface area contributed by atoms with E-state index in [0.717, 1.165) is 8.61 Å². The number of hydrogen-bond donors (Lipinski definition) is 0. The second-order valence-electron chi connectivity index (χ2n) is 8.88. The molecule has 0 atom stereocenters. The molecule has 1 amide bonds. The molecule has 0 aromatic heterocycles. The van der Waals surface area contributed by atoms with E-state index in [4.69, 9.17) is 21.1 Å². The Bertz CT molecular complexity index is 1610. The molecule has 10 nitrogen and oxygen atoms in total. The van der Waals surface area contributed by atoms with Crippen molar-refractivity contribution in [1.82, 2.24) is 4.31 Å². The zero-order chi connectivity index (χ0) is 28.5. The summed E-state index contributed by atoms with van der Waals surface area (Å²) in [5.74, 6) is 0.101. The average Bonchev–Trinajstić information content (AvgIpc) is 3.35. The number of hydrogen-bond acceptors (Lipinski definition) is 7. The van der Waals surface area contributed by atoms with Crippen LogP contribution in [0.5, 0.6) is 11.5 Å². The molecule has 0 unspecified atom stereocenters. The SMILES string of the molecule is COc1ccc(S(=O)(=O)N(CC(=O)N2CCc3cc(S(=O)(=O)N(C)C)ccc32)c2ccc(Cl)cc2)cc1OC. The van der Waals surface area contributed by atoms with Crippen LogP contribution in [0.15, 0.2) is 70.5 Å². The zero-order valence-electron chi connectivity index (χ0n) is 21.8. The van der Waals surface area contributed by atoms with Gasteiger partial charge in [0.1, 0.15) is 6.54 Å². The van der Waals surface area contributed by atoms with Crippen molar-refractivity contribution in [2.45, 2.75) is 16.2 Å². The molecule has 0 saturated carbocycles. The fourth-order valence-electron chi connectivity index (χ4n) is 4.24. The van der Waals surface area contributed by atoms with Gasteiger partial charge < -0.3 is 14.4 Å². The smallest absolute Gasteiger partial charge is 0.264 e. The van der Waals surface area contributed by atoms with Gasteiger partial charge in [-0.15, -0.1) is 0 Å². The van der Waals surface area contributed by atoms with Crippen LogP contribution >= 0.6 is 11.6 Å². The molecule has 0 saturated heterocycles. The molecule has 0 radical (unpaired) electrons. The third kappa shape index (κ3) is 5.55. The minimum absolute atomic E-state index is 0.0942. The first-order valence-electron chi connectivity index (χ1n) is 11.8. The molecule has 4 rings (SSSR count). The molecule has 3 aromatic carbocycles. The number of benzene rings is 3. The van der Waals surface area contributed by atoms with Gasteiger partial charge >= 0.3 is 0 Å². The molecule has 0 spiro atoms. The summed E-state index contributed by atoms with van der Waals surface area (Å²) in [5, 5.41) is 0.408. The minimum Gasteiger partial charge on any atom is -0.493 e. The van der Waals surface area contributed by atoms with Crippen LogP contribution in [0.4, 0.5) is 11.4 Å². The van der Waals surface area contributed by atoms with Crippen LogP contribution in [-0.2, 0) is 31.3 Å². The standard InChI is InChI=1S/C26H28ClN3O7S2/c1-28(2)38(32,33)21-9-11-23-18(15-21)13-14-29(23)26(31)17-30(20-7-5-19(27)6-8-20)39(34,35)22-10-12-24(36-3)25(16-22)37-4/h5-12,15-16H,13-14,17H2,1-4H3. The van der Waals surface area contributed by atoms with Gasteiger partial charge in [-0.3, -0.25) is 9.10 Å². The van der Waals surface area contributed by atoms with E-state index >= 15 is 0 Å². The fraction of sp³-hybridized carbons (Fsp3) is 0.269. The lowest BCUT2D eigenvalue weighted by molar-refractivity contribution is -0.117. The number of rotatable bonds is 9. The minimum atomic E-state index is -4.24. The summed E-state index contributed by atoms with van der Waals surface area (Å²) >= 11 is 6.03. The van der Waals surface area contributed by atoms with Gasteiger partial charge in [0.25, 0.3) is 10.0 Å². The maximum atomic E-state index is 13.9. The third-order valence-corrected chi connectivity index (χ3v) is 10.2. The van der Waals surface area contributed by atoms with Crippen LogP contribution in [0.1, 0.15) is 5.56 Å². The summed E-state index contributed by atoms with van der Waals surface area (Å²) in [6.07, 6.45) is 0.432. The first kappa shape index (κ1) is 28.7. The highest BCUT2D eigenvalue weighted by Crippen LogP contribution is 2.34. The molecule has 0 bridgehead atoms. The van der Waals surface area contributed by atoms with E-state index < -0.39 is 32.5 Å². The monoisotopic (exact) mass is 593 g/mol. The van der Waals surface area contributed by atoms with Crippen molar-refractivity contribution in [3.05, 3.63) is 71.2 Å². The van der Waals surface area contributed by atoms with Crippen LogP contribution in [-0.4, -0.2) is 68.5 Å². The maximum Gasteiger partial charge on any atom is 0.264 e. The lowest BCUT2D eigenvalue weighted by Gasteiger charge is -2.27.